The lowest BCUT2D eigenvalue weighted by Gasteiger charge is -2.35. The van der Waals surface area contributed by atoms with Crippen LogP contribution in [0.5, 0.6) is 11.5 Å². The average Bonchev–Trinajstić information content (AvgIpc) is 3.74. The van der Waals surface area contributed by atoms with Crippen LogP contribution in [-0.4, -0.2) is 0 Å². The van der Waals surface area contributed by atoms with Crippen LogP contribution >= 0.6 is 0 Å². The molecule has 0 radical (unpaired) electrons. The summed E-state index contributed by atoms with van der Waals surface area (Å²) in [7, 11) is 0. The zero-order chi connectivity index (χ0) is 47.7. The summed E-state index contributed by atoms with van der Waals surface area (Å²) in [5.74, 6) is 1.68. The van der Waals surface area contributed by atoms with Crippen LogP contribution in [0.4, 0.5) is 17.1 Å². The Balaban J connectivity index is 0.901. The molecule has 0 atom stereocenters. The average molecular weight is 918 g/mol. The summed E-state index contributed by atoms with van der Waals surface area (Å²) >= 11 is 0. The third-order valence-corrected chi connectivity index (χ3v) is 16.3. The number of hydrogen-bond acceptors (Lipinski definition) is 2. The standard InChI is InChI=1S/C70H47NO/c1-69(2)60-28-12-7-24-54(60)56-40-39-47(43-65(56)69)71(66-32-17-27-58-51-21-6-5-20-50(51)57-26-11-16-33-67(57)72-68(58)66)46-37-34-44(35-38-46)45-36-41-64-59(42-45)55-25-10-15-31-63(55)70(64)61-29-13-8-22-52(61)48-18-3-4-19-49(48)53-23-9-14-30-62(53)70/h3-43H,1-2H3. The van der Waals surface area contributed by atoms with Gasteiger partial charge >= 0.3 is 0 Å². The minimum Gasteiger partial charge on any atom is -0.454 e. The summed E-state index contributed by atoms with van der Waals surface area (Å²) in [5.41, 5.74) is 27.5. The van der Waals surface area contributed by atoms with Gasteiger partial charge in [0.2, 0.25) is 0 Å². The first-order chi connectivity index (χ1) is 35.5. The van der Waals surface area contributed by atoms with Crippen molar-refractivity contribution < 1.29 is 4.74 Å². The van der Waals surface area contributed by atoms with Crippen LogP contribution in [0, 0.1) is 0 Å². The highest BCUT2D eigenvalue weighted by atomic mass is 16.5. The highest BCUT2D eigenvalue weighted by molar-refractivity contribution is 5.99. The Morgan fingerprint density at radius 2 is 0.722 bits per heavy atom. The van der Waals surface area contributed by atoms with Crippen molar-refractivity contribution >= 4 is 17.1 Å². The zero-order valence-electron chi connectivity index (χ0n) is 40.0. The summed E-state index contributed by atoms with van der Waals surface area (Å²) in [6.07, 6.45) is 0. The van der Waals surface area contributed by atoms with E-state index in [2.05, 4.69) is 267 Å². The normalized spacial score (nSPS) is 14.0. The molecular formula is C70H47NO. The minimum atomic E-state index is -0.510. The molecule has 2 nitrogen and oxygen atoms in total. The topological polar surface area (TPSA) is 12.5 Å². The maximum atomic E-state index is 7.16. The fourth-order valence-corrected chi connectivity index (χ4v) is 13.2. The van der Waals surface area contributed by atoms with Crippen LogP contribution in [0.25, 0.3) is 77.9 Å². The van der Waals surface area contributed by atoms with Crippen molar-refractivity contribution in [2.45, 2.75) is 24.7 Å². The second-order valence-corrected chi connectivity index (χ2v) is 20.3. The molecule has 3 aliphatic carbocycles. The number of para-hydroxylation sites is 2. The Hall–Kier alpha value is -8.98. The fraction of sp³-hybridized carbons (Fsp3) is 0.0571. The lowest BCUT2D eigenvalue weighted by molar-refractivity contribution is 0.489. The number of fused-ring (bicyclic) bond motifs is 20. The van der Waals surface area contributed by atoms with Gasteiger partial charge in [0, 0.05) is 27.9 Å². The second kappa shape index (κ2) is 15.3. The molecule has 0 amide bonds. The van der Waals surface area contributed by atoms with E-state index in [-0.39, 0.29) is 5.41 Å². The molecule has 0 N–H and O–H groups in total. The number of nitrogens with zero attached hydrogens (tertiary/aromatic N) is 1. The largest absolute Gasteiger partial charge is 0.454 e. The molecule has 0 fully saturated rings. The maximum absolute atomic E-state index is 7.16. The van der Waals surface area contributed by atoms with Gasteiger partial charge in [0.25, 0.3) is 0 Å². The summed E-state index contributed by atoms with van der Waals surface area (Å²) in [5, 5.41) is 0. The van der Waals surface area contributed by atoms with Crippen LogP contribution in [-0.2, 0) is 10.8 Å². The van der Waals surface area contributed by atoms with E-state index in [1.165, 1.54) is 83.5 Å². The van der Waals surface area contributed by atoms with Gasteiger partial charge in [-0.1, -0.05) is 220 Å². The third-order valence-electron chi connectivity index (χ3n) is 16.3. The van der Waals surface area contributed by atoms with Crippen molar-refractivity contribution in [3.63, 3.8) is 0 Å². The molecule has 1 aliphatic heterocycles. The molecule has 11 aromatic carbocycles. The van der Waals surface area contributed by atoms with Crippen molar-refractivity contribution in [2.24, 2.45) is 0 Å². The molecule has 338 valence electrons. The van der Waals surface area contributed by atoms with Gasteiger partial charge in [-0.3, -0.25) is 0 Å². The molecule has 1 heterocycles. The molecule has 0 saturated carbocycles. The Kier molecular flexibility index (Phi) is 8.66. The van der Waals surface area contributed by atoms with E-state index in [0.717, 1.165) is 56.4 Å². The summed E-state index contributed by atoms with van der Waals surface area (Å²) < 4.78 is 7.16. The second-order valence-electron chi connectivity index (χ2n) is 20.3. The number of anilines is 3. The molecule has 15 rings (SSSR count). The lowest BCUT2D eigenvalue weighted by atomic mass is 9.66. The molecule has 11 aromatic rings. The van der Waals surface area contributed by atoms with Gasteiger partial charge in [-0.05, 0) is 143 Å². The Morgan fingerprint density at radius 3 is 1.35 bits per heavy atom. The van der Waals surface area contributed by atoms with Crippen molar-refractivity contribution in [1.29, 1.82) is 0 Å². The monoisotopic (exact) mass is 917 g/mol. The van der Waals surface area contributed by atoms with Gasteiger partial charge in [-0.25, -0.2) is 0 Å². The van der Waals surface area contributed by atoms with E-state index < -0.39 is 5.41 Å². The number of ether oxygens (including phenoxy) is 1. The van der Waals surface area contributed by atoms with E-state index in [4.69, 9.17) is 4.74 Å². The zero-order valence-corrected chi connectivity index (χ0v) is 40.0. The minimum absolute atomic E-state index is 0.172. The van der Waals surface area contributed by atoms with Gasteiger partial charge in [0.05, 0.1) is 11.1 Å². The van der Waals surface area contributed by atoms with E-state index in [9.17, 15) is 0 Å². The first-order valence-electron chi connectivity index (χ1n) is 25.2. The highest BCUT2D eigenvalue weighted by Crippen LogP contribution is 2.62. The number of rotatable bonds is 4. The smallest absolute Gasteiger partial charge is 0.159 e. The van der Waals surface area contributed by atoms with E-state index >= 15 is 0 Å². The Bertz CT molecular complexity index is 4000. The van der Waals surface area contributed by atoms with Crippen molar-refractivity contribution in [1.82, 2.24) is 0 Å². The van der Waals surface area contributed by atoms with Crippen LogP contribution in [0.2, 0.25) is 0 Å². The Labute approximate surface area is 420 Å². The summed E-state index contributed by atoms with van der Waals surface area (Å²) in [4.78, 5) is 2.40. The SMILES string of the molecule is CC1(C)c2ccccc2-c2ccc(N(c3ccc(-c4ccc5c(c4)-c4ccccc4C54c5ccccc5-c5ccccc5-c5ccccc54)cc3)c3cccc4c3Oc3ccccc3-c3ccccc3-4)cc21. The van der Waals surface area contributed by atoms with E-state index in [0.29, 0.717) is 0 Å². The van der Waals surface area contributed by atoms with E-state index in [1.807, 2.05) is 0 Å². The molecule has 0 saturated heterocycles. The highest BCUT2D eigenvalue weighted by Gasteiger charge is 2.49. The molecule has 0 unspecified atom stereocenters. The molecule has 72 heavy (non-hydrogen) atoms. The molecule has 0 aromatic heterocycles. The molecule has 2 heteroatoms. The quantitative estimate of drug-likeness (QED) is 0.174. The molecular weight excluding hydrogens is 871 g/mol. The van der Waals surface area contributed by atoms with Crippen LogP contribution in [0.15, 0.2) is 249 Å². The molecule has 0 bridgehead atoms. The fourth-order valence-electron chi connectivity index (χ4n) is 13.2. The lowest BCUT2D eigenvalue weighted by Crippen LogP contribution is -2.29. The van der Waals surface area contributed by atoms with Gasteiger partial charge in [-0.2, -0.15) is 0 Å². The van der Waals surface area contributed by atoms with Gasteiger partial charge < -0.3 is 9.64 Å². The number of benzene rings is 11. The first kappa shape index (κ1) is 40.9. The number of hydrogen-bond donors (Lipinski definition) is 0. The maximum Gasteiger partial charge on any atom is 0.159 e. The van der Waals surface area contributed by atoms with Gasteiger partial charge in [0.15, 0.2) is 5.75 Å². The summed E-state index contributed by atoms with van der Waals surface area (Å²) in [6, 6.07) is 92.3. The molecule has 1 spiro atoms. The first-order valence-corrected chi connectivity index (χ1v) is 25.2. The van der Waals surface area contributed by atoms with Crippen LogP contribution in [0.3, 0.4) is 0 Å². The van der Waals surface area contributed by atoms with Crippen molar-refractivity contribution in [2.75, 3.05) is 4.90 Å². The summed E-state index contributed by atoms with van der Waals surface area (Å²) in [6.45, 7) is 4.71. The van der Waals surface area contributed by atoms with Gasteiger partial charge in [0.1, 0.15) is 5.75 Å². The van der Waals surface area contributed by atoms with Crippen molar-refractivity contribution in [3.05, 3.63) is 282 Å². The molecule has 4 aliphatic rings. The Morgan fingerprint density at radius 1 is 0.292 bits per heavy atom. The third kappa shape index (κ3) is 5.61. The van der Waals surface area contributed by atoms with Crippen molar-refractivity contribution in [3.8, 4) is 89.4 Å². The van der Waals surface area contributed by atoms with Gasteiger partial charge in [-0.15, -0.1) is 0 Å². The predicted molar refractivity (Wildman–Crippen MR) is 297 cm³/mol. The predicted octanol–water partition coefficient (Wildman–Crippen LogP) is 18.6. The van der Waals surface area contributed by atoms with Crippen LogP contribution in [0.1, 0.15) is 47.2 Å². The van der Waals surface area contributed by atoms with Crippen LogP contribution < -0.4 is 9.64 Å². The van der Waals surface area contributed by atoms with E-state index in [1.54, 1.807) is 0 Å².